The van der Waals surface area contributed by atoms with Crippen LogP contribution >= 0.6 is 22.7 Å². The fraction of sp³-hybridized carbons (Fsp3) is 0.292. The van der Waals surface area contributed by atoms with E-state index in [1.807, 2.05) is 37.3 Å². The Hall–Kier alpha value is -2.86. The number of pyridine rings is 1. The molecule has 8 nitrogen and oxygen atoms in total. The molecule has 3 aromatic heterocycles. The van der Waals surface area contributed by atoms with E-state index in [-0.39, 0.29) is 16.7 Å². The van der Waals surface area contributed by atoms with Gasteiger partial charge in [0.25, 0.3) is 10.0 Å². The third-order valence-electron chi connectivity index (χ3n) is 6.00. The maximum Gasteiger partial charge on any atom is 0.253 e. The monoisotopic (exact) mass is 528 g/mol. The fourth-order valence-electron chi connectivity index (χ4n) is 4.25. The van der Waals surface area contributed by atoms with Crippen LogP contribution in [0, 0.1) is 6.92 Å². The van der Waals surface area contributed by atoms with E-state index in [1.165, 1.54) is 15.6 Å². The topological polar surface area (TPSA) is 92.7 Å². The lowest BCUT2D eigenvalue weighted by Crippen LogP contribution is -2.47. The highest BCUT2D eigenvalue weighted by atomic mass is 32.2. The lowest BCUT2D eigenvalue weighted by atomic mass is 10.2. The number of hydrogen-bond acceptors (Lipinski definition) is 8. The molecular weight excluding hydrogens is 504 g/mol. The molecule has 1 aliphatic rings. The number of benzene rings is 1. The number of thiophene rings is 1. The molecule has 4 aromatic rings. The first-order valence-electron chi connectivity index (χ1n) is 11.1. The molecule has 0 unspecified atom stereocenters. The number of rotatable bonds is 7. The largest absolute Gasteiger partial charge is 0.494 e. The van der Waals surface area contributed by atoms with E-state index in [9.17, 15) is 13.2 Å². The van der Waals surface area contributed by atoms with Crippen molar-refractivity contribution in [3.8, 4) is 5.75 Å². The lowest BCUT2D eigenvalue weighted by molar-refractivity contribution is -0.121. The van der Waals surface area contributed by atoms with Crippen molar-refractivity contribution in [2.45, 2.75) is 36.6 Å². The van der Waals surface area contributed by atoms with Crippen LogP contribution < -0.4 is 9.64 Å². The average Bonchev–Trinajstić information content (AvgIpc) is 3.64. The van der Waals surface area contributed by atoms with Gasteiger partial charge in [0.1, 0.15) is 21.5 Å². The molecule has 1 fully saturated rings. The Morgan fingerprint density at radius 3 is 2.80 bits per heavy atom. The molecule has 0 radical (unpaired) electrons. The minimum Gasteiger partial charge on any atom is -0.494 e. The first-order chi connectivity index (χ1) is 16.9. The molecule has 4 heterocycles. The van der Waals surface area contributed by atoms with Gasteiger partial charge in [-0.25, -0.2) is 13.4 Å². The highest BCUT2D eigenvalue weighted by Crippen LogP contribution is 2.38. The van der Waals surface area contributed by atoms with Gasteiger partial charge in [-0.3, -0.25) is 14.7 Å². The van der Waals surface area contributed by atoms with Gasteiger partial charge in [-0.1, -0.05) is 29.5 Å². The van der Waals surface area contributed by atoms with E-state index in [4.69, 9.17) is 9.72 Å². The molecule has 0 bridgehead atoms. The van der Waals surface area contributed by atoms with E-state index in [1.54, 1.807) is 35.7 Å². The number of thiazole rings is 1. The molecule has 1 amide bonds. The first kappa shape index (κ1) is 23.9. The van der Waals surface area contributed by atoms with Gasteiger partial charge in [0.2, 0.25) is 5.91 Å². The summed E-state index contributed by atoms with van der Waals surface area (Å²) < 4.78 is 34.6. The van der Waals surface area contributed by atoms with Crippen molar-refractivity contribution in [2.75, 3.05) is 18.6 Å². The molecule has 1 saturated heterocycles. The Labute approximate surface area is 211 Å². The first-order valence-corrected chi connectivity index (χ1v) is 14.2. The smallest absolute Gasteiger partial charge is 0.253 e. The summed E-state index contributed by atoms with van der Waals surface area (Å²) in [7, 11) is -2.18. The molecule has 35 heavy (non-hydrogen) atoms. The molecular formula is C24H24N4O4S3. The summed E-state index contributed by atoms with van der Waals surface area (Å²) in [6.07, 6.45) is 2.74. The normalized spacial score (nSPS) is 16.6. The van der Waals surface area contributed by atoms with Gasteiger partial charge in [-0.05, 0) is 55.0 Å². The van der Waals surface area contributed by atoms with Crippen LogP contribution in [0.4, 0.5) is 5.13 Å². The maximum atomic E-state index is 14.0. The van der Waals surface area contributed by atoms with Crippen LogP contribution in [-0.4, -0.2) is 48.3 Å². The van der Waals surface area contributed by atoms with Gasteiger partial charge < -0.3 is 4.74 Å². The van der Waals surface area contributed by atoms with Crippen LogP contribution in [0.25, 0.3) is 10.2 Å². The summed E-state index contributed by atoms with van der Waals surface area (Å²) in [4.78, 5) is 24.8. The lowest BCUT2D eigenvalue weighted by Gasteiger charge is -2.28. The molecule has 11 heteroatoms. The molecule has 1 aliphatic heterocycles. The second kappa shape index (κ2) is 9.65. The van der Waals surface area contributed by atoms with Crippen LogP contribution in [0.5, 0.6) is 5.75 Å². The van der Waals surface area contributed by atoms with E-state index in [2.05, 4.69) is 4.98 Å². The summed E-state index contributed by atoms with van der Waals surface area (Å²) in [5.41, 5.74) is 2.40. The number of fused-ring (bicyclic) bond motifs is 1. The van der Waals surface area contributed by atoms with Crippen molar-refractivity contribution in [2.24, 2.45) is 0 Å². The van der Waals surface area contributed by atoms with Gasteiger partial charge in [0, 0.05) is 12.7 Å². The number of methoxy groups -OCH3 is 1. The Morgan fingerprint density at radius 2 is 2.09 bits per heavy atom. The Morgan fingerprint density at radius 1 is 1.23 bits per heavy atom. The molecule has 182 valence electrons. The van der Waals surface area contributed by atoms with Crippen LogP contribution in [-0.2, 0) is 21.4 Å². The van der Waals surface area contributed by atoms with E-state index >= 15 is 0 Å². The number of aryl methyl sites for hydroxylation is 1. The summed E-state index contributed by atoms with van der Waals surface area (Å²) in [6.45, 7) is 2.48. The van der Waals surface area contributed by atoms with Crippen LogP contribution in [0.15, 0.2) is 58.3 Å². The molecule has 5 rings (SSSR count). The van der Waals surface area contributed by atoms with Crippen molar-refractivity contribution in [1.29, 1.82) is 0 Å². The van der Waals surface area contributed by atoms with E-state index in [0.717, 1.165) is 21.6 Å². The molecule has 0 aliphatic carbocycles. The van der Waals surface area contributed by atoms with Gasteiger partial charge in [-0.15, -0.1) is 11.3 Å². The van der Waals surface area contributed by atoms with Crippen LogP contribution in [0.2, 0.25) is 0 Å². The number of sulfonamides is 1. The zero-order chi connectivity index (χ0) is 24.6. The maximum absolute atomic E-state index is 14.0. The van der Waals surface area contributed by atoms with Crippen molar-refractivity contribution in [3.63, 3.8) is 0 Å². The van der Waals surface area contributed by atoms with Gasteiger partial charge in [0.05, 0.1) is 24.0 Å². The highest BCUT2D eigenvalue weighted by molar-refractivity contribution is 7.91. The SMILES string of the molecule is COc1ccc(C)c2sc(N(Cc3ccccn3)C(=O)[C@H]3CCCN3S(=O)(=O)c3cccs3)nc12. The predicted molar refractivity (Wildman–Crippen MR) is 138 cm³/mol. The summed E-state index contributed by atoms with van der Waals surface area (Å²) in [5.74, 6) is 0.324. The predicted octanol–water partition coefficient (Wildman–Crippen LogP) is 4.46. The Balaban J connectivity index is 1.57. The number of anilines is 1. The fourth-order valence-corrected chi connectivity index (χ4v) is 8.08. The number of aromatic nitrogens is 2. The van der Waals surface area contributed by atoms with E-state index < -0.39 is 16.1 Å². The van der Waals surface area contributed by atoms with Gasteiger partial charge in [0.15, 0.2) is 5.13 Å². The van der Waals surface area contributed by atoms with Crippen LogP contribution in [0.1, 0.15) is 24.1 Å². The Kier molecular flexibility index (Phi) is 6.58. The molecule has 0 N–H and O–H groups in total. The van der Waals surface area contributed by atoms with Crippen molar-refractivity contribution >= 4 is 54.0 Å². The quantitative estimate of drug-likeness (QED) is 0.352. The second-order valence-corrected chi connectivity index (χ2v) is 12.3. The number of hydrogen-bond donors (Lipinski definition) is 0. The molecule has 1 atom stereocenters. The Bertz CT molecular complexity index is 1450. The van der Waals surface area contributed by atoms with Crippen LogP contribution in [0.3, 0.4) is 0 Å². The molecule has 0 saturated carbocycles. The third-order valence-corrected chi connectivity index (χ3v) is 10.5. The highest BCUT2D eigenvalue weighted by Gasteiger charge is 2.42. The number of carbonyl (C=O) groups is 1. The average molecular weight is 529 g/mol. The summed E-state index contributed by atoms with van der Waals surface area (Å²) >= 11 is 2.55. The zero-order valence-corrected chi connectivity index (χ0v) is 21.7. The number of carbonyl (C=O) groups excluding carboxylic acids is 1. The second-order valence-electron chi connectivity index (χ2n) is 8.21. The number of amides is 1. The standard InChI is InChI=1S/C24H24N4O4S3/c1-16-10-11-19(32-2)21-22(16)34-24(26-21)27(15-17-7-3-4-12-25-17)23(29)18-8-5-13-28(18)35(30,31)20-9-6-14-33-20/h3-4,6-7,9-12,14,18H,5,8,13,15H2,1-2H3/t18-/m1/s1. The summed E-state index contributed by atoms with van der Waals surface area (Å²) in [6, 6.07) is 11.8. The van der Waals surface area contributed by atoms with Crippen molar-refractivity contribution < 1.29 is 17.9 Å². The minimum absolute atomic E-state index is 0.185. The van der Waals surface area contributed by atoms with Crippen molar-refractivity contribution in [3.05, 3.63) is 65.3 Å². The summed E-state index contributed by atoms with van der Waals surface area (Å²) in [5, 5.41) is 2.22. The van der Waals surface area contributed by atoms with Crippen molar-refractivity contribution in [1.82, 2.24) is 14.3 Å². The van der Waals surface area contributed by atoms with Gasteiger partial charge in [-0.2, -0.15) is 4.31 Å². The third kappa shape index (κ3) is 4.44. The number of ether oxygens (including phenoxy) is 1. The zero-order valence-electron chi connectivity index (χ0n) is 19.2. The minimum atomic E-state index is -3.77. The van der Waals surface area contributed by atoms with E-state index in [0.29, 0.717) is 41.5 Å². The molecule has 0 spiro atoms. The number of nitrogens with zero attached hydrogens (tertiary/aromatic N) is 4. The van der Waals surface area contributed by atoms with Gasteiger partial charge >= 0.3 is 0 Å². The molecule has 1 aromatic carbocycles.